The lowest BCUT2D eigenvalue weighted by Gasteiger charge is -2.19. The second-order valence-corrected chi connectivity index (χ2v) is 6.10. The van der Waals surface area contributed by atoms with Crippen LogP contribution >= 0.6 is 15.9 Å². The van der Waals surface area contributed by atoms with Gasteiger partial charge in [-0.05, 0) is 28.1 Å². The first-order valence-electron chi connectivity index (χ1n) is 5.15. The fourth-order valence-electron chi connectivity index (χ4n) is 1.42. The van der Waals surface area contributed by atoms with Crippen molar-refractivity contribution in [1.82, 2.24) is 4.31 Å². The summed E-state index contributed by atoms with van der Waals surface area (Å²) in [4.78, 5) is 0.236. The molecule has 0 amide bonds. The minimum Gasteiger partial charge on any atom is -0.207 e. The van der Waals surface area contributed by atoms with Gasteiger partial charge < -0.3 is 0 Å². The molecule has 0 spiro atoms. The largest absolute Gasteiger partial charge is 0.244 e. The summed E-state index contributed by atoms with van der Waals surface area (Å²) < 4.78 is 26.4. The Labute approximate surface area is 110 Å². The smallest absolute Gasteiger partial charge is 0.207 e. The Bertz CT molecular complexity index is 523. The number of hydrogen-bond acceptors (Lipinski definition) is 3. The predicted octanol–water partition coefficient (Wildman–Crippen LogP) is 2.37. The first-order valence-corrected chi connectivity index (χ1v) is 7.39. The van der Waals surface area contributed by atoms with Crippen molar-refractivity contribution in [1.29, 1.82) is 5.26 Å². The first kappa shape index (κ1) is 14.2. The van der Waals surface area contributed by atoms with Gasteiger partial charge in [-0.15, -0.1) is 0 Å². The maximum absolute atomic E-state index is 12.3. The molecule has 1 aromatic rings. The van der Waals surface area contributed by atoms with Gasteiger partial charge in [-0.25, -0.2) is 8.42 Å². The van der Waals surface area contributed by atoms with Crippen LogP contribution in [0.5, 0.6) is 0 Å². The molecule has 0 bridgehead atoms. The van der Waals surface area contributed by atoms with Crippen LogP contribution in [0.3, 0.4) is 0 Å². The molecule has 0 aromatic heterocycles. The van der Waals surface area contributed by atoms with E-state index in [4.69, 9.17) is 5.26 Å². The zero-order chi connectivity index (χ0) is 12.9. The molecule has 92 valence electrons. The van der Waals surface area contributed by atoms with Gasteiger partial charge in [0.1, 0.15) is 0 Å². The normalized spacial score (nSPS) is 11.4. The molecule has 0 aliphatic carbocycles. The van der Waals surface area contributed by atoms with Gasteiger partial charge in [0.15, 0.2) is 0 Å². The topological polar surface area (TPSA) is 61.2 Å². The summed E-state index contributed by atoms with van der Waals surface area (Å²) in [6, 6.07) is 8.62. The summed E-state index contributed by atoms with van der Waals surface area (Å²) in [6.45, 7) is 2.33. The van der Waals surface area contributed by atoms with Crippen LogP contribution in [0.15, 0.2) is 33.6 Å². The molecule has 0 fully saturated rings. The highest BCUT2D eigenvalue weighted by atomic mass is 79.9. The zero-order valence-electron chi connectivity index (χ0n) is 9.43. The maximum atomic E-state index is 12.3. The lowest BCUT2D eigenvalue weighted by atomic mass is 10.4. The third-order valence-corrected chi connectivity index (χ3v) is 5.27. The van der Waals surface area contributed by atoms with E-state index < -0.39 is 10.0 Å². The highest BCUT2D eigenvalue weighted by Crippen LogP contribution is 2.24. The fraction of sp³-hybridized carbons (Fsp3) is 0.364. The summed E-state index contributed by atoms with van der Waals surface area (Å²) in [5.74, 6) is 0. The van der Waals surface area contributed by atoms with E-state index in [2.05, 4.69) is 15.9 Å². The number of nitriles is 1. The van der Waals surface area contributed by atoms with Crippen molar-refractivity contribution in [2.45, 2.75) is 18.2 Å². The van der Waals surface area contributed by atoms with Gasteiger partial charge in [-0.2, -0.15) is 9.57 Å². The van der Waals surface area contributed by atoms with Gasteiger partial charge in [0.2, 0.25) is 10.0 Å². The molecule has 4 nitrogen and oxygen atoms in total. The summed E-state index contributed by atoms with van der Waals surface area (Å²) in [6.07, 6.45) is 0.192. The molecule has 0 radical (unpaired) electrons. The van der Waals surface area contributed by atoms with E-state index in [1.807, 2.05) is 6.07 Å². The molecule has 0 aliphatic heterocycles. The van der Waals surface area contributed by atoms with E-state index >= 15 is 0 Å². The van der Waals surface area contributed by atoms with E-state index in [1.165, 1.54) is 4.31 Å². The van der Waals surface area contributed by atoms with E-state index in [1.54, 1.807) is 31.2 Å². The number of sulfonamides is 1. The molecule has 0 heterocycles. The lowest BCUT2D eigenvalue weighted by Crippen LogP contribution is -2.31. The van der Waals surface area contributed by atoms with Gasteiger partial charge in [-0.3, -0.25) is 0 Å². The average molecular weight is 317 g/mol. The predicted molar refractivity (Wildman–Crippen MR) is 68.8 cm³/mol. The van der Waals surface area contributed by atoms with Crippen molar-refractivity contribution in [2.75, 3.05) is 13.1 Å². The van der Waals surface area contributed by atoms with Crippen LogP contribution in [0.25, 0.3) is 0 Å². The summed E-state index contributed by atoms with van der Waals surface area (Å²) >= 11 is 3.23. The summed E-state index contributed by atoms with van der Waals surface area (Å²) in [7, 11) is -3.52. The van der Waals surface area contributed by atoms with Crippen LogP contribution in [0.4, 0.5) is 0 Å². The molecule has 0 aliphatic rings. The van der Waals surface area contributed by atoms with Gasteiger partial charge in [0.25, 0.3) is 0 Å². The Kier molecular flexibility index (Phi) is 5.12. The molecule has 0 N–H and O–H groups in total. The van der Waals surface area contributed by atoms with Gasteiger partial charge in [0.05, 0.1) is 11.0 Å². The number of benzene rings is 1. The fourth-order valence-corrected chi connectivity index (χ4v) is 3.83. The van der Waals surface area contributed by atoms with E-state index in [-0.39, 0.29) is 17.9 Å². The van der Waals surface area contributed by atoms with Gasteiger partial charge in [-0.1, -0.05) is 19.1 Å². The van der Waals surface area contributed by atoms with Crippen LogP contribution in [0.2, 0.25) is 0 Å². The Hall–Kier alpha value is -0.900. The quantitative estimate of drug-likeness (QED) is 0.837. The molecule has 0 unspecified atom stereocenters. The molecule has 1 rings (SSSR count). The third kappa shape index (κ3) is 3.28. The second kappa shape index (κ2) is 6.15. The maximum Gasteiger partial charge on any atom is 0.244 e. The molecular formula is C11H13BrN2O2S. The van der Waals surface area contributed by atoms with Crippen LogP contribution in [0, 0.1) is 11.3 Å². The highest BCUT2D eigenvalue weighted by molar-refractivity contribution is 9.10. The highest BCUT2D eigenvalue weighted by Gasteiger charge is 2.24. The number of hydrogen-bond donors (Lipinski definition) is 0. The monoisotopic (exact) mass is 316 g/mol. The Morgan fingerprint density at radius 1 is 1.41 bits per heavy atom. The molecule has 0 saturated carbocycles. The van der Waals surface area contributed by atoms with Crippen LogP contribution in [-0.2, 0) is 10.0 Å². The SMILES string of the molecule is CCN(CCC#N)S(=O)(=O)c1ccccc1Br. The van der Waals surface area contributed by atoms with Crippen molar-refractivity contribution in [3.8, 4) is 6.07 Å². The Morgan fingerprint density at radius 3 is 2.59 bits per heavy atom. The number of halogens is 1. The molecular weight excluding hydrogens is 304 g/mol. The Morgan fingerprint density at radius 2 is 2.06 bits per heavy atom. The number of rotatable bonds is 5. The molecule has 1 aromatic carbocycles. The second-order valence-electron chi connectivity index (χ2n) is 3.34. The molecule has 0 saturated heterocycles. The van der Waals surface area contributed by atoms with Crippen molar-refractivity contribution in [3.05, 3.63) is 28.7 Å². The summed E-state index contributed by atoms with van der Waals surface area (Å²) in [5, 5.41) is 8.52. The third-order valence-electron chi connectivity index (χ3n) is 2.28. The minimum atomic E-state index is -3.52. The van der Waals surface area contributed by atoms with E-state index in [9.17, 15) is 8.42 Å². The van der Waals surface area contributed by atoms with Crippen molar-refractivity contribution >= 4 is 26.0 Å². The standard InChI is InChI=1S/C11H13BrN2O2S/c1-2-14(9-5-8-13)17(15,16)11-7-4-3-6-10(11)12/h3-4,6-7H,2,5,9H2,1H3. The van der Waals surface area contributed by atoms with Crippen LogP contribution in [-0.4, -0.2) is 25.8 Å². The zero-order valence-corrected chi connectivity index (χ0v) is 11.8. The Balaban J connectivity index is 3.10. The van der Waals surface area contributed by atoms with Crippen molar-refractivity contribution in [2.24, 2.45) is 0 Å². The minimum absolute atomic E-state index is 0.192. The van der Waals surface area contributed by atoms with Gasteiger partial charge in [0, 0.05) is 24.0 Å². The lowest BCUT2D eigenvalue weighted by molar-refractivity contribution is 0.434. The van der Waals surface area contributed by atoms with Gasteiger partial charge >= 0.3 is 0 Å². The van der Waals surface area contributed by atoms with Crippen LogP contribution < -0.4 is 0 Å². The van der Waals surface area contributed by atoms with E-state index in [0.717, 1.165) is 0 Å². The van der Waals surface area contributed by atoms with Crippen molar-refractivity contribution < 1.29 is 8.42 Å². The van der Waals surface area contributed by atoms with E-state index in [0.29, 0.717) is 11.0 Å². The molecule has 6 heteroatoms. The van der Waals surface area contributed by atoms with Crippen molar-refractivity contribution in [3.63, 3.8) is 0 Å². The first-order chi connectivity index (χ1) is 8.04. The summed E-state index contributed by atoms with van der Waals surface area (Å²) in [5.41, 5.74) is 0. The van der Waals surface area contributed by atoms with Crippen LogP contribution in [0.1, 0.15) is 13.3 Å². The molecule has 0 atom stereocenters. The average Bonchev–Trinajstić information content (AvgIpc) is 2.30. The molecule has 17 heavy (non-hydrogen) atoms. The number of nitrogens with zero attached hydrogens (tertiary/aromatic N) is 2.